The number of likely N-dealkylation sites (tertiary alicyclic amines) is 1. The Morgan fingerprint density at radius 2 is 1.86 bits per heavy atom. The first-order chi connectivity index (χ1) is 10.7. The summed E-state index contributed by atoms with van der Waals surface area (Å²) in [7, 11) is 0. The lowest BCUT2D eigenvalue weighted by molar-refractivity contribution is -0.131. The molecule has 0 bridgehead atoms. The van der Waals surface area contributed by atoms with Gasteiger partial charge in [-0.15, -0.1) is 11.8 Å². The quantitative estimate of drug-likeness (QED) is 0.845. The standard InChI is InChI=1S/C17H22N2O2S/c20-16(18-11-17(21)19-8-1-2-9-19)12-22-15-7-6-13-4-3-5-14(13)10-15/h6-7,10H,1-5,8-9,11-12H2,(H,18,20). The summed E-state index contributed by atoms with van der Waals surface area (Å²) in [6.45, 7) is 1.79. The Morgan fingerprint density at radius 3 is 2.68 bits per heavy atom. The van der Waals surface area contributed by atoms with Gasteiger partial charge >= 0.3 is 0 Å². The lowest BCUT2D eigenvalue weighted by atomic mass is 10.1. The highest BCUT2D eigenvalue weighted by atomic mass is 32.2. The first-order valence-corrected chi connectivity index (χ1v) is 9.00. The van der Waals surface area contributed by atoms with Gasteiger partial charge in [0.1, 0.15) is 0 Å². The number of thioether (sulfide) groups is 1. The van der Waals surface area contributed by atoms with Crippen molar-refractivity contribution in [2.45, 2.75) is 37.0 Å². The smallest absolute Gasteiger partial charge is 0.241 e. The molecule has 1 fully saturated rings. The number of benzene rings is 1. The zero-order valence-corrected chi connectivity index (χ0v) is 13.6. The van der Waals surface area contributed by atoms with Gasteiger partial charge in [-0.2, -0.15) is 0 Å². The molecule has 118 valence electrons. The van der Waals surface area contributed by atoms with Crippen molar-refractivity contribution in [1.29, 1.82) is 0 Å². The monoisotopic (exact) mass is 318 g/mol. The van der Waals surface area contributed by atoms with Crippen LogP contribution in [-0.2, 0) is 22.4 Å². The maximum atomic E-state index is 11.9. The van der Waals surface area contributed by atoms with Crippen molar-refractivity contribution in [3.63, 3.8) is 0 Å². The average molecular weight is 318 g/mol. The second-order valence-corrected chi connectivity index (χ2v) is 6.99. The van der Waals surface area contributed by atoms with E-state index in [4.69, 9.17) is 0 Å². The third-order valence-corrected chi connectivity index (χ3v) is 5.33. The second kappa shape index (κ2) is 7.18. The van der Waals surface area contributed by atoms with Crippen LogP contribution in [0, 0.1) is 0 Å². The largest absolute Gasteiger partial charge is 0.346 e. The van der Waals surface area contributed by atoms with Crippen LogP contribution >= 0.6 is 11.8 Å². The highest BCUT2D eigenvalue weighted by Crippen LogP contribution is 2.27. The Bertz CT molecular complexity index is 568. The lowest BCUT2D eigenvalue weighted by Crippen LogP contribution is -2.39. The Kier molecular flexibility index (Phi) is 5.03. The van der Waals surface area contributed by atoms with Crippen molar-refractivity contribution < 1.29 is 9.59 Å². The summed E-state index contributed by atoms with van der Waals surface area (Å²) in [5.74, 6) is 0.331. The molecule has 2 aliphatic rings. The van der Waals surface area contributed by atoms with Gasteiger partial charge in [-0.1, -0.05) is 6.07 Å². The molecule has 1 N–H and O–H groups in total. The number of nitrogens with zero attached hydrogens (tertiary/aromatic N) is 1. The number of aryl methyl sites for hydroxylation is 2. The molecule has 5 heteroatoms. The minimum atomic E-state index is -0.0713. The van der Waals surface area contributed by atoms with Crippen LogP contribution < -0.4 is 5.32 Å². The van der Waals surface area contributed by atoms with Gasteiger partial charge in [0.15, 0.2) is 0 Å². The molecule has 3 rings (SSSR count). The first-order valence-electron chi connectivity index (χ1n) is 8.01. The van der Waals surface area contributed by atoms with E-state index in [9.17, 15) is 9.59 Å². The van der Waals surface area contributed by atoms with Gasteiger partial charge in [-0.25, -0.2) is 0 Å². The van der Waals surface area contributed by atoms with E-state index in [0.717, 1.165) is 37.2 Å². The minimum Gasteiger partial charge on any atom is -0.346 e. The number of nitrogens with one attached hydrogen (secondary N) is 1. The molecule has 1 aliphatic carbocycles. The van der Waals surface area contributed by atoms with Gasteiger partial charge in [0.2, 0.25) is 11.8 Å². The molecule has 0 spiro atoms. The van der Waals surface area contributed by atoms with Crippen molar-refractivity contribution in [2.24, 2.45) is 0 Å². The number of fused-ring (bicyclic) bond motifs is 1. The number of amides is 2. The molecular formula is C17H22N2O2S. The molecule has 0 atom stereocenters. The predicted molar refractivity (Wildman–Crippen MR) is 88.0 cm³/mol. The van der Waals surface area contributed by atoms with E-state index >= 15 is 0 Å². The molecule has 1 heterocycles. The molecular weight excluding hydrogens is 296 g/mol. The highest BCUT2D eigenvalue weighted by molar-refractivity contribution is 8.00. The van der Waals surface area contributed by atoms with E-state index in [-0.39, 0.29) is 18.4 Å². The number of hydrogen-bond donors (Lipinski definition) is 1. The minimum absolute atomic E-state index is 0.0355. The number of carbonyl (C=O) groups excluding carboxylic acids is 2. The second-order valence-electron chi connectivity index (χ2n) is 5.94. The lowest BCUT2D eigenvalue weighted by Gasteiger charge is -2.15. The molecule has 1 aromatic rings. The summed E-state index contributed by atoms with van der Waals surface area (Å²) in [6.07, 6.45) is 5.73. The fraction of sp³-hybridized carbons (Fsp3) is 0.529. The molecule has 1 aliphatic heterocycles. The maximum absolute atomic E-state index is 11.9. The van der Waals surface area contributed by atoms with Gasteiger partial charge in [-0.3, -0.25) is 9.59 Å². The van der Waals surface area contributed by atoms with E-state index in [1.54, 1.807) is 11.8 Å². The molecule has 0 aromatic heterocycles. The predicted octanol–water partition coefficient (Wildman–Crippen LogP) is 2.01. The van der Waals surface area contributed by atoms with Crippen molar-refractivity contribution in [2.75, 3.05) is 25.4 Å². The zero-order chi connectivity index (χ0) is 15.4. The average Bonchev–Trinajstić information content (AvgIpc) is 3.20. The van der Waals surface area contributed by atoms with Crippen LogP contribution in [0.15, 0.2) is 23.1 Å². The van der Waals surface area contributed by atoms with Gasteiger partial charge in [-0.05, 0) is 55.4 Å². The Morgan fingerprint density at radius 1 is 1.09 bits per heavy atom. The van der Waals surface area contributed by atoms with Gasteiger partial charge in [0.05, 0.1) is 12.3 Å². The third-order valence-electron chi connectivity index (χ3n) is 4.34. The fourth-order valence-corrected chi connectivity index (χ4v) is 3.88. The number of rotatable bonds is 5. The first kappa shape index (κ1) is 15.4. The summed E-state index contributed by atoms with van der Waals surface area (Å²) >= 11 is 1.54. The Hall–Kier alpha value is -1.49. The molecule has 1 saturated heterocycles. The summed E-state index contributed by atoms with van der Waals surface area (Å²) in [5, 5.41) is 2.73. The van der Waals surface area contributed by atoms with Crippen LogP contribution in [0.3, 0.4) is 0 Å². The molecule has 1 aromatic carbocycles. The van der Waals surface area contributed by atoms with Crippen molar-refractivity contribution in [1.82, 2.24) is 10.2 Å². The van der Waals surface area contributed by atoms with Gasteiger partial charge in [0, 0.05) is 18.0 Å². The SMILES string of the molecule is O=C(CSc1ccc2c(c1)CCC2)NCC(=O)N1CCCC1. The zero-order valence-electron chi connectivity index (χ0n) is 12.8. The van der Waals surface area contributed by atoms with E-state index < -0.39 is 0 Å². The van der Waals surface area contributed by atoms with Gasteiger partial charge < -0.3 is 10.2 Å². The van der Waals surface area contributed by atoms with Gasteiger partial charge in [0.25, 0.3) is 0 Å². The summed E-state index contributed by atoms with van der Waals surface area (Å²) in [6, 6.07) is 6.48. The third kappa shape index (κ3) is 3.83. The van der Waals surface area contributed by atoms with Crippen molar-refractivity contribution >= 4 is 23.6 Å². The molecule has 4 nitrogen and oxygen atoms in total. The summed E-state index contributed by atoms with van der Waals surface area (Å²) in [5.41, 5.74) is 2.87. The highest BCUT2D eigenvalue weighted by Gasteiger charge is 2.18. The molecule has 0 unspecified atom stereocenters. The van der Waals surface area contributed by atoms with Crippen molar-refractivity contribution in [3.05, 3.63) is 29.3 Å². The Balaban J connectivity index is 1.41. The van der Waals surface area contributed by atoms with E-state index in [1.807, 2.05) is 4.90 Å². The summed E-state index contributed by atoms with van der Waals surface area (Å²) < 4.78 is 0. The number of hydrogen-bond acceptors (Lipinski definition) is 3. The van der Waals surface area contributed by atoms with Crippen LogP contribution in [0.2, 0.25) is 0 Å². The topological polar surface area (TPSA) is 49.4 Å². The normalized spacial score (nSPS) is 16.6. The molecule has 0 saturated carbocycles. The summed E-state index contributed by atoms with van der Waals surface area (Å²) in [4.78, 5) is 26.7. The number of carbonyl (C=O) groups is 2. The van der Waals surface area contributed by atoms with E-state index in [1.165, 1.54) is 24.0 Å². The fourth-order valence-electron chi connectivity index (χ4n) is 3.09. The van der Waals surface area contributed by atoms with Crippen LogP contribution in [0.1, 0.15) is 30.4 Å². The van der Waals surface area contributed by atoms with E-state index in [0.29, 0.717) is 5.75 Å². The van der Waals surface area contributed by atoms with E-state index in [2.05, 4.69) is 23.5 Å². The maximum Gasteiger partial charge on any atom is 0.241 e. The van der Waals surface area contributed by atoms with Crippen LogP contribution in [0.25, 0.3) is 0 Å². The van der Waals surface area contributed by atoms with Crippen LogP contribution in [-0.4, -0.2) is 42.1 Å². The van der Waals surface area contributed by atoms with Crippen LogP contribution in [0.5, 0.6) is 0 Å². The molecule has 22 heavy (non-hydrogen) atoms. The van der Waals surface area contributed by atoms with Crippen molar-refractivity contribution in [3.8, 4) is 0 Å². The van der Waals surface area contributed by atoms with Crippen LogP contribution in [0.4, 0.5) is 0 Å². The Labute approximate surface area is 135 Å². The molecule has 0 radical (unpaired) electrons. The molecule has 2 amide bonds.